The van der Waals surface area contributed by atoms with Crippen LogP contribution in [0.25, 0.3) is 11.1 Å². The SMILES string of the molecule is COC(=O)c1ccc2c(c1)COc1cc(CCN(C[C@H](O)c3cccc(Cl)c3)C(=O)OC(C)(C)C)ccc1-2. The molecule has 1 heterocycles. The fourth-order valence-electron chi connectivity index (χ4n) is 4.32. The van der Waals surface area contributed by atoms with Crippen LogP contribution in [0, 0.1) is 0 Å². The molecule has 1 atom stereocenters. The summed E-state index contributed by atoms with van der Waals surface area (Å²) in [4.78, 5) is 26.4. The third kappa shape index (κ3) is 6.65. The first kappa shape index (κ1) is 27.5. The van der Waals surface area contributed by atoms with Crippen molar-refractivity contribution in [2.24, 2.45) is 0 Å². The van der Waals surface area contributed by atoms with Crippen molar-refractivity contribution >= 4 is 23.7 Å². The van der Waals surface area contributed by atoms with Gasteiger partial charge in [-0.3, -0.25) is 0 Å². The maximum absolute atomic E-state index is 13.0. The van der Waals surface area contributed by atoms with Gasteiger partial charge < -0.3 is 24.2 Å². The molecule has 3 aromatic carbocycles. The van der Waals surface area contributed by atoms with E-state index in [0.717, 1.165) is 28.0 Å². The number of hydrogen-bond donors (Lipinski definition) is 1. The van der Waals surface area contributed by atoms with Crippen LogP contribution in [0.3, 0.4) is 0 Å². The average Bonchev–Trinajstić information content (AvgIpc) is 2.88. The second-order valence-corrected chi connectivity index (χ2v) is 10.7. The Kier molecular flexibility index (Phi) is 8.29. The maximum Gasteiger partial charge on any atom is 0.410 e. The van der Waals surface area contributed by atoms with Crippen molar-refractivity contribution in [3.8, 4) is 16.9 Å². The molecule has 0 radical (unpaired) electrons. The van der Waals surface area contributed by atoms with E-state index in [1.807, 2.05) is 45.0 Å². The van der Waals surface area contributed by atoms with Gasteiger partial charge in [0.1, 0.15) is 18.0 Å². The molecule has 1 aliphatic rings. The molecule has 0 saturated carbocycles. The molecule has 1 aliphatic heterocycles. The molecule has 0 bridgehead atoms. The zero-order valence-corrected chi connectivity index (χ0v) is 22.7. The summed E-state index contributed by atoms with van der Waals surface area (Å²) in [5.74, 6) is 0.354. The lowest BCUT2D eigenvalue weighted by atomic mass is 9.94. The minimum atomic E-state index is -0.917. The molecule has 0 saturated heterocycles. The van der Waals surface area contributed by atoms with Gasteiger partial charge in [0, 0.05) is 17.1 Å². The molecule has 200 valence electrons. The zero-order chi connectivity index (χ0) is 27.4. The first-order valence-corrected chi connectivity index (χ1v) is 12.8. The minimum absolute atomic E-state index is 0.0621. The molecule has 1 amide bonds. The van der Waals surface area contributed by atoms with E-state index in [0.29, 0.717) is 35.7 Å². The lowest BCUT2D eigenvalue weighted by Crippen LogP contribution is -2.40. The van der Waals surface area contributed by atoms with Gasteiger partial charge in [0.2, 0.25) is 0 Å². The summed E-state index contributed by atoms with van der Waals surface area (Å²) in [5.41, 5.74) is 4.28. The Labute approximate surface area is 227 Å². The fourth-order valence-corrected chi connectivity index (χ4v) is 4.51. The molecule has 7 nitrogen and oxygen atoms in total. The van der Waals surface area contributed by atoms with E-state index < -0.39 is 17.8 Å². The molecule has 1 N–H and O–H groups in total. The highest BCUT2D eigenvalue weighted by Crippen LogP contribution is 2.38. The molecular weight excluding hydrogens is 506 g/mol. The standard InChI is InChI=1S/C30H32ClNO6/c1-30(2,3)38-29(35)32(17-26(33)20-6-5-7-23(31)16-20)13-12-19-8-10-25-24-11-9-21(28(34)36-4)15-22(24)18-37-27(25)14-19/h5-11,14-16,26,33H,12-13,17-18H2,1-4H3/t26-/m0/s1. The van der Waals surface area contributed by atoms with Gasteiger partial charge in [0.05, 0.1) is 25.3 Å². The third-order valence-corrected chi connectivity index (χ3v) is 6.43. The number of benzene rings is 3. The second-order valence-electron chi connectivity index (χ2n) is 10.2. The monoisotopic (exact) mass is 537 g/mol. The Hall–Kier alpha value is -3.55. The second kappa shape index (κ2) is 11.5. The van der Waals surface area contributed by atoms with Crippen molar-refractivity contribution in [3.05, 3.63) is 87.9 Å². The van der Waals surface area contributed by atoms with Crippen molar-refractivity contribution in [3.63, 3.8) is 0 Å². The van der Waals surface area contributed by atoms with Crippen LogP contribution in [-0.2, 0) is 22.5 Å². The Morgan fingerprint density at radius 3 is 2.55 bits per heavy atom. The number of hydrogen-bond acceptors (Lipinski definition) is 6. The topological polar surface area (TPSA) is 85.3 Å². The zero-order valence-electron chi connectivity index (χ0n) is 22.0. The Bertz CT molecular complexity index is 1330. The van der Waals surface area contributed by atoms with Crippen molar-refractivity contribution in [1.82, 2.24) is 4.90 Å². The number of rotatable bonds is 7. The molecule has 0 spiro atoms. The van der Waals surface area contributed by atoms with Crippen molar-refractivity contribution in [1.29, 1.82) is 0 Å². The molecule has 0 unspecified atom stereocenters. The summed E-state index contributed by atoms with van der Waals surface area (Å²) in [7, 11) is 1.36. The predicted octanol–water partition coefficient (Wildman–Crippen LogP) is 6.20. The number of methoxy groups -OCH3 is 1. The number of carbonyl (C=O) groups is 2. The number of fused-ring (bicyclic) bond motifs is 3. The van der Waals surface area contributed by atoms with Crippen LogP contribution < -0.4 is 4.74 Å². The van der Waals surface area contributed by atoms with Crippen LogP contribution in [-0.4, -0.2) is 47.9 Å². The van der Waals surface area contributed by atoms with Crippen LogP contribution in [0.2, 0.25) is 5.02 Å². The van der Waals surface area contributed by atoms with Crippen LogP contribution >= 0.6 is 11.6 Å². The Morgan fingerprint density at radius 1 is 1.08 bits per heavy atom. The Balaban J connectivity index is 1.50. The molecular formula is C30H32ClNO6. The molecule has 3 aromatic rings. The number of carbonyl (C=O) groups excluding carboxylic acids is 2. The van der Waals surface area contributed by atoms with Gasteiger partial charge >= 0.3 is 12.1 Å². The first-order valence-electron chi connectivity index (χ1n) is 12.4. The molecule has 38 heavy (non-hydrogen) atoms. The predicted molar refractivity (Wildman–Crippen MR) is 145 cm³/mol. The van der Waals surface area contributed by atoms with E-state index in [-0.39, 0.29) is 12.5 Å². The van der Waals surface area contributed by atoms with Crippen molar-refractivity contribution < 1.29 is 28.9 Å². The van der Waals surface area contributed by atoms with E-state index in [1.54, 1.807) is 36.4 Å². The molecule has 4 rings (SSSR count). The van der Waals surface area contributed by atoms with E-state index in [4.69, 9.17) is 25.8 Å². The number of halogens is 1. The smallest absolute Gasteiger partial charge is 0.410 e. The number of nitrogens with zero attached hydrogens (tertiary/aromatic N) is 1. The van der Waals surface area contributed by atoms with E-state index in [9.17, 15) is 14.7 Å². The fraction of sp³-hybridized carbons (Fsp3) is 0.333. The lowest BCUT2D eigenvalue weighted by molar-refractivity contribution is 0.0147. The molecule has 8 heteroatoms. The van der Waals surface area contributed by atoms with Crippen LogP contribution in [0.5, 0.6) is 5.75 Å². The summed E-state index contributed by atoms with van der Waals surface area (Å²) in [6.45, 7) is 6.17. The van der Waals surface area contributed by atoms with Gasteiger partial charge in [-0.2, -0.15) is 0 Å². The molecule has 0 fully saturated rings. The summed E-state index contributed by atoms with van der Waals surface area (Å²) >= 11 is 6.09. The Morgan fingerprint density at radius 2 is 1.84 bits per heavy atom. The van der Waals surface area contributed by atoms with Crippen LogP contribution in [0.15, 0.2) is 60.7 Å². The summed E-state index contributed by atoms with van der Waals surface area (Å²) in [5, 5.41) is 11.3. The van der Waals surface area contributed by atoms with E-state index >= 15 is 0 Å². The highest BCUT2D eigenvalue weighted by atomic mass is 35.5. The van der Waals surface area contributed by atoms with Gasteiger partial charge in [-0.1, -0.05) is 41.9 Å². The van der Waals surface area contributed by atoms with Crippen molar-refractivity contribution in [2.75, 3.05) is 20.2 Å². The van der Waals surface area contributed by atoms with Gasteiger partial charge in [-0.05, 0) is 79.8 Å². The maximum atomic E-state index is 13.0. The van der Waals surface area contributed by atoms with Gasteiger partial charge in [0.25, 0.3) is 0 Å². The largest absolute Gasteiger partial charge is 0.488 e. The van der Waals surface area contributed by atoms with Gasteiger partial charge in [-0.25, -0.2) is 9.59 Å². The summed E-state index contributed by atoms with van der Waals surface area (Å²) in [6, 6.07) is 18.4. The normalized spacial score (nSPS) is 13.0. The highest BCUT2D eigenvalue weighted by molar-refractivity contribution is 6.30. The van der Waals surface area contributed by atoms with Gasteiger partial charge in [0.15, 0.2) is 0 Å². The average molecular weight is 538 g/mol. The summed E-state index contributed by atoms with van der Waals surface area (Å²) in [6.07, 6.45) is -0.880. The van der Waals surface area contributed by atoms with E-state index in [1.165, 1.54) is 12.0 Å². The number of aliphatic hydroxyl groups is 1. The molecule has 0 aliphatic carbocycles. The van der Waals surface area contributed by atoms with Gasteiger partial charge in [-0.15, -0.1) is 0 Å². The first-order chi connectivity index (χ1) is 18.0. The minimum Gasteiger partial charge on any atom is -0.488 e. The number of amides is 1. The third-order valence-electron chi connectivity index (χ3n) is 6.19. The summed E-state index contributed by atoms with van der Waals surface area (Å²) < 4.78 is 16.4. The lowest BCUT2D eigenvalue weighted by Gasteiger charge is -2.29. The highest BCUT2D eigenvalue weighted by Gasteiger charge is 2.25. The van der Waals surface area contributed by atoms with Crippen LogP contribution in [0.4, 0.5) is 4.79 Å². The van der Waals surface area contributed by atoms with E-state index in [2.05, 4.69) is 0 Å². The number of aliphatic hydroxyl groups excluding tert-OH is 1. The number of ether oxygens (including phenoxy) is 3. The van der Waals surface area contributed by atoms with Crippen molar-refractivity contribution in [2.45, 2.75) is 45.5 Å². The molecule has 0 aromatic heterocycles. The quantitative estimate of drug-likeness (QED) is 0.361. The number of esters is 1. The van der Waals surface area contributed by atoms with Crippen LogP contribution in [0.1, 0.15) is 53.9 Å².